The summed E-state index contributed by atoms with van der Waals surface area (Å²) in [5, 5.41) is 3.08. The van der Waals surface area contributed by atoms with E-state index in [0.29, 0.717) is 18.7 Å². The van der Waals surface area contributed by atoms with Crippen molar-refractivity contribution in [2.45, 2.75) is 12.6 Å². The van der Waals surface area contributed by atoms with Gasteiger partial charge in [0.15, 0.2) is 0 Å². The van der Waals surface area contributed by atoms with Crippen LogP contribution >= 0.6 is 12.4 Å². The number of nitrogens with one attached hydrogen (secondary N) is 1. The highest BCUT2D eigenvalue weighted by Crippen LogP contribution is 2.21. The zero-order valence-corrected chi connectivity index (χ0v) is 15.6. The van der Waals surface area contributed by atoms with Crippen molar-refractivity contribution in [2.24, 2.45) is 5.73 Å². The van der Waals surface area contributed by atoms with Crippen molar-refractivity contribution in [2.75, 3.05) is 32.8 Å². The topological polar surface area (TPSA) is 67.6 Å². The van der Waals surface area contributed by atoms with E-state index < -0.39 is 0 Å². The maximum absolute atomic E-state index is 12.5. The number of hydrogen-bond acceptors (Lipinski definition) is 4. The van der Waals surface area contributed by atoms with E-state index in [1.54, 1.807) is 0 Å². The van der Waals surface area contributed by atoms with Crippen LogP contribution in [0.15, 0.2) is 54.6 Å². The van der Waals surface area contributed by atoms with Gasteiger partial charge < -0.3 is 15.8 Å². The molecule has 0 spiro atoms. The van der Waals surface area contributed by atoms with Crippen LogP contribution in [0.3, 0.4) is 0 Å². The fourth-order valence-corrected chi connectivity index (χ4v) is 3.11. The molecular formula is C20H26ClN3O2. The Kier molecular flexibility index (Phi) is 8.06. The molecule has 1 unspecified atom stereocenters. The highest BCUT2D eigenvalue weighted by molar-refractivity contribution is 5.94. The molecule has 1 atom stereocenters. The fourth-order valence-electron chi connectivity index (χ4n) is 3.11. The molecule has 1 amide bonds. The average molecular weight is 376 g/mol. The Morgan fingerprint density at radius 3 is 2.35 bits per heavy atom. The molecule has 1 saturated heterocycles. The standard InChI is InChI=1S/C20H25N3O2.ClH/c21-14-16-6-8-18(9-7-16)20(24)22-15-19(17-4-2-1-3-5-17)23-10-12-25-13-11-23;/h1-9,19H,10-15,21H2,(H,22,24);1H. The Hall–Kier alpha value is -1.92. The van der Waals surface area contributed by atoms with Gasteiger partial charge in [-0.15, -0.1) is 12.4 Å². The lowest BCUT2D eigenvalue weighted by molar-refractivity contribution is 0.0162. The molecule has 5 nitrogen and oxygen atoms in total. The van der Waals surface area contributed by atoms with E-state index in [-0.39, 0.29) is 24.4 Å². The van der Waals surface area contributed by atoms with Crippen molar-refractivity contribution in [3.63, 3.8) is 0 Å². The quantitative estimate of drug-likeness (QED) is 0.813. The number of halogens is 1. The molecule has 0 bridgehead atoms. The second-order valence-corrected chi connectivity index (χ2v) is 6.19. The number of benzene rings is 2. The molecule has 1 heterocycles. The van der Waals surface area contributed by atoms with Crippen molar-refractivity contribution in [1.82, 2.24) is 10.2 Å². The van der Waals surface area contributed by atoms with Gasteiger partial charge in [-0.1, -0.05) is 42.5 Å². The fraction of sp³-hybridized carbons (Fsp3) is 0.350. The summed E-state index contributed by atoms with van der Waals surface area (Å²) in [4.78, 5) is 14.8. The Balaban J connectivity index is 0.00000243. The summed E-state index contributed by atoms with van der Waals surface area (Å²) in [6.45, 7) is 4.27. The molecule has 3 rings (SSSR count). The number of rotatable bonds is 6. The number of ether oxygens (including phenoxy) is 1. The van der Waals surface area contributed by atoms with Crippen LogP contribution in [0, 0.1) is 0 Å². The summed E-state index contributed by atoms with van der Waals surface area (Å²) in [6.07, 6.45) is 0. The van der Waals surface area contributed by atoms with E-state index in [4.69, 9.17) is 10.5 Å². The van der Waals surface area contributed by atoms with Gasteiger partial charge in [-0.3, -0.25) is 9.69 Å². The Morgan fingerprint density at radius 2 is 1.73 bits per heavy atom. The zero-order chi connectivity index (χ0) is 17.5. The van der Waals surface area contributed by atoms with Gasteiger partial charge in [-0.2, -0.15) is 0 Å². The van der Waals surface area contributed by atoms with Crippen LogP contribution in [-0.2, 0) is 11.3 Å². The molecular weight excluding hydrogens is 350 g/mol. The second-order valence-electron chi connectivity index (χ2n) is 6.19. The van der Waals surface area contributed by atoms with Gasteiger partial charge in [-0.25, -0.2) is 0 Å². The highest BCUT2D eigenvalue weighted by atomic mass is 35.5. The van der Waals surface area contributed by atoms with Crippen molar-refractivity contribution in [1.29, 1.82) is 0 Å². The number of nitrogens with two attached hydrogens (primary N) is 1. The number of amides is 1. The lowest BCUT2D eigenvalue weighted by Gasteiger charge is -2.35. The minimum absolute atomic E-state index is 0. The van der Waals surface area contributed by atoms with Crippen LogP contribution < -0.4 is 11.1 Å². The monoisotopic (exact) mass is 375 g/mol. The van der Waals surface area contributed by atoms with Gasteiger partial charge in [-0.05, 0) is 23.3 Å². The molecule has 140 valence electrons. The van der Waals surface area contributed by atoms with Crippen LogP contribution in [0.1, 0.15) is 27.5 Å². The summed E-state index contributed by atoms with van der Waals surface area (Å²) in [6, 6.07) is 17.9. The maximum atomic E-state index is 12.5. The van der Waals surface area contributed by atoms with E-state index in [1.807, 2.05) is 42.5 Å². The summed E-state index contributed by atoms with van der Waals surface area (Å²) >= 11 is 0. The van der Waals surface area contributed by atoms with Gasteiger partial charge in [0, 0.05) is 31.7 Å². The van der Waals surface area contributed by atoms with Gasteiger partial charge in [0.1, 0.15) is 0 Å². The first kappa shape index (κ1) is 20.4. The summed E-state index contributed by atoms with van der Waals surface area (Å²) < 4.78 is 5.46. The smallest absolute Gasteiger partial charge is 0.251 e. The zero-order valence-electron chi connectivity index (χ0n) is 14.8. The van der Waals surface area contributed by atoms with E-state index in [9.17, 15) is 4.79 Å². The Morgan fingerprint density at radius 1 is 1.08 bits per heavy atom. The summed E-state index contributed by atoms with van der Waals surface area (Å²) in [5.41, 5.74) is 8.50. The number of carbonyl (C=O) groups excluding carboxylic acids is 1. The molecule has 0 aromatic heterocycles. The maximum Gasteiger partial charge on any atom is 0.251 e. The molecule has 2 aromatic rings. The first-order valence-electron chi connectivity index (χ1n) is 8.72. The Labute approximate surface area is 160 Å². The van der Waals surface area contributed by atoms with E-state index in [2.05, 4.69) is 22.3 Å². The lowest BCUT2D eigenvalue weighted by Crippen LogP contribution is -2.43. The van der Waals surface area contributed by atoms with Gasteiger partial charge in [0.25, 0.3) is 5.91 Å². The van der Waals surface area contributed by atoms with Crippen molar-refractivity contribution >= 4 is 18.3 Å². The van der Waals surface area contributed by atoms with Gasteiger partial charge in [0.2, 0.25) is 0 Å². The largest absolute Gasteiger partial charge is 0.379 e. The minimum Gasteiger partial charge on any atom is -0.379 e. The normalized spacial score (nSPS) is 15.7. The third-order valence-corrected chi connectivity index (χ3v) is 4.58. The molecule has 0 saturated carbocycles. The first-order valence-corrected chi connectivity index (χ1v) is 8.72. The van der Waals surface area contributed by atoms with Crippen molar-refractivity contribution in [3.05, 3.63) is 71.3 Å². The van der Waals surface area contributed by atoms with Crippen LogP contribution in [0.5, 0.6) is 0 Å². The van der Waals surface area contributed by atoms with E-state index in [0.717, 1.165) is 31.9 Å². The molecule has 26 heavy (non-hydrogen) atoms. The van der Waals surface area contributed by atoms with Gasteiger partial charge >= 0.3 is 0 Å². The third-order valence-electron chi connectivity index (χ3n) is 4.58. The molecule has 1 aliphatic heterocycles. The molecule has 6 heteroatoms. The van der Waals surface area contributed by atoms with Crippen LogP contribution in [0.25, 0.3) is 0 Å². The van der Waals surface area contributed by atoms with Crippen LogP contribution in [0.2, 0.25) is 0 Å². The number of carbonyl (C=O) groups is 1. The average Bonchev–Trinajstić information content (AvgIpc) is 2.70. The minimum atomic E-state index is -0.0576. The van der Waals surface area contributed by atoms with E-state index >= 15 is 0 Å². The molecule has 0 radical (unpaired) electrons. The predicted octanol–water partition coefficient (Wildman–Crippen LogP) is 2.37. The molecule has 1 fully saturated rings. The van der Waals surface area contributed by atoms with Crippen molar-refractivity contribution < 1.29 is 9.53 Å². The lowest BCUT2D eigenvalue weighted by atomic mass is 10.0. The molecule has 2 aromatic carbocycles. The predicted molar refractivity (Wildman–Crippen MR) is 105 cm³/mol. The highest BCUT2D eigenvalue weighted by Gasteiger charge is 2.23. The third kappa shape index (κ3) is 5.29. The van der Waals surface area contributed by atoms with E-state index in [1.165, 1.54) is 5.56 Å². The Bertz CT molecular complexity index is 673. The van der Waals surface area contributed by atoms with Crippen LogP contribution in [0.4, 0.5) is 0 Å². The van der Waals surface area contributed by atoms with Gasteiger partial charge in [0.05, 0.1) is 19.3 Å². The SMILES string of the molecule is Cl.NCc1ccc(C(=O)NCC(c2ccccc2)N2CCOCC2)cc1. The summed E-state index contributed by atoms with van der Waals surface area (Å²) in [7, 11) is 0. The molecule has 3 N–H and O–H groups in total. The number of nitrogens with zero attached hydrogens (tertiary/aromatic N) is 1. The number of hydrogen-bond donors (Lipinski definition) is 2. The molecule has 1 aliphatic rings. The molecule has 0 aliphatic carbocycles. The second kappa shape index (κ2) is 10.3. The van der Waals surface area contributed by atoms with Crippen molar-refractivity contribution in [3.8, 4) is 0 Å². The van der Waals surface area contributed by atoms with Crippen LogP contribution in [-0.4, -0.2) is 43.7 Å². The first-order chi connectivity index (χ1) is 12.3. The summed E-state index contributed by atoms with van der Waals surface area (Å²) in [5.74, 6) is -0.0576. The number of morpholine rings is 1.